The van der Waals surface area contributed by atoms with Crippen molar-refractivity contribution < 1.29 is 19.4 Å². The smallest absolute Gasteiger partial charge is 0.296 e. The molecule has 0 saturated carbocycles. The number of fused-ring (bicyclic) bond motifs is 1. The summed E-state index contributed by atoms with van der Waals surface area (Å²) in [5, 5.41) is 11.8. The van der Waals surface area contributed by atoms with Gasteiger partial charge in [0.25, 0.3) is 5.91 Å². The lowest BCUT2D eigenvalue weighted by Crippen LogP contribution is -2.30. The summed E-state index contributed by atoms with van der Waals surface area (Å²) in [6, 6.07) is 20.7. The van der Waals surface area contributed by atoms with Crippen molar-refractivity contribution >= 4 is 56.1 Å². The molecule has 1 aliphatic heterocycles. The Bertz CT molecular complexity index is 1490. The van der Waals surface area contributed by atoms with E-state index in [4.69, 9.17) is 16.3 Å². The van der Waals surface area contributed by atoms with Crippen LogP contribution in [0.1, 0.15) is 17.2 Å². The van der Waals surface area contributed by atoms with Crippen molar-refractivity contribution in [3.05, 3.63) is 106 Å². The highest BCUT2D eigenvalue weighted by atomic mass is 35.5. The molecule has 1 atom stereocenters. The molecule has 1 unspecified atom stereocenters. The molecule has 2 heterocycles. The number of anilines is 1. The first kappa shape index (κ1) is 22.8. The Morgan fingerprint density at radius 1 is 1.11 bits per heavy atom. The van der Waals surface area contributed by atoms with Crippen LogP contribution in [0, 0.1) is 0 Å². The first-order valence-corrected chi connectivity index (χ1v) is 11.9. The summed E-state index contributed by atoms with van der Waals surface area (Å²) in [5.41, 5.74) is 2.12. The zero-order valence-electron chi connectivity index (χ0n) is 18.5. The fraction of sp³-hybridized carbons (Fsp3) is 0.0741. The van der Waals surface area contributed by atoms with Gasteiger partial charge in [0.15, 0.2) is 16.7 Å². The number of aromatic nitrogens is 1. The number of halogens is 1. The van der Waals surface area contributed by atoms with Crippen molar-refractivity contribution in [1.82, 2.24) is 4.98 Å². The molecule has 174 valence electrons. The van der Waals surface area contributed by atoms with E-state index < -0.39 is 23.5 Å². The minimum Gasteiger partial charge on any atom is -0.503 e. The molecule has 0 saturated heterocycles. The van der Waals surface area contributed by atoms with E-state index in [9.17, 15) is 14.7 Å². The topological polar surface area (TPSA) is 79.7 Å². The second kappa shape index (κ2) is 9.37. The molecule has 0 bridgehead atoms. The van der Waals surface area contributed by atoms with Crippen molar-refractivity contribution in [1.29, 1.82) is 0 Å². The number of allylic oxidation sites excluding steroid dienone is 1. The molecular weight excluding hydrogens is 484 g/mol. The van der Waals surface area contributed by atoms with Crippen molar-refractivity contribution in [3.63, 3.8) is 0 Å². The number of ether oxygens (including phenoxy) is 1. The van der Waals surface area contributed by atoms with E-state index in [1.165, 1.54) is 22.3 Å². The van der Waals surface area contributed by atoms with E-state index in [1.54, 1.807) is 55.7 Å². The number of aliphatic hydroxyl groups excluding tert-OH is 1. The lowest BCUT2D eigenvalue weighted by molar-refractivity contribution is -0.117. The Labute approximate surface area is 210 Å². The van der Waals surface area contributed by atoms with Gasteiger partial charge >= 0.3 is 0 Å². The summed E-state index contributed by atoms with van der Waals surface area (Å²) in [7, 11) is 1.56. The van der Waals surface area contributed by atoms with Gasteiger partial charge in [-0.05, 0) is 47.5 Å². The number of thiazole rings is 1. The zero-order chi connectivity index (χ0) is 24.5. The summed E-state index contributed by atoms with van der Waals surface area (Å²) in [6.45, 7) is 0. The number of nitrogens with zero attached hydrogens (tertiary/aromatic N) is 2. The number of amides is 1. The highest BCUT2D eigenvalue weighted by Crippen LogP contribution is 2.44. The quantitative estimate of drug-likeness (QED) is 0.320. The predicted octanol–water partition coefficient (Wildman–Crippen LogP) is 6.14. The van der Waals surface area contributed by atoms with Crippen molar-refractivity contribution in [3.8, 4) is 5.75 Å². The number of methoxy groups -OCH3 is 1. The largest absolute Gasteiger partial charge is 0.503 e. The Kier molecular flexibility index (Phi) is 6.11. The molecule has 35 heavy (non-hydrogen) atoms. The zero-order valence-corrected chi connectivity index (χ0v) is 20.1. The second-order valence-corrected chi connectivity index (χ2v) is 9.28. The first-order chi connectivity index (χ1) is 17.0. The molecule has 4 aromatic rings. The van der Waals surface area contributed by atoms with E-state index in [-0.39, 0.29) is 5.57 Å². The number of rotatable bonds is 6. The first-order valence-electron chi connectivity index (χ1n) is 10.7. The monoisotopic (exact) mass is 502 g/mol. The van der Waals surface area contributed by atoms with E-state index in [2.05, 4.69) is 4.98 Å². The number of hydrogen-bond acceptors (Lipinski definition) is 6. The van der Waals surface area contributed by atoms with Gasteiger partial charge in [-0.25, -0.2) is 4.98 Å². The van der Waals surface area contributed by atoms with Gasteiger partial charge < -0.3 is 9.84 Å². The van der Waals surface area contributed by atoms with Crippen molar-refractivity contribution in [2.75, 3.05) is 12.0 Å². The number of carbonyl (C=O) groups is 2. The molecule has 1 aliphatic rings. The lowest BCUT2D eigenvalue weighted by Gasteiger charge is -2.24. The Hall–Kier alpha value is -3.94. The van der Waals surface area contributed by atoms with Crippen LogP contribution in [0.3, 0.4) is 0 Å². The molecule has 0 radical (unpaired) electrons. The Morgan fingerprint density at radius 2 is 1.86 bits per heavy atom. The van der Waals surface area contributed by atoms with Gasteiger partial charge in [-0.1, -0.05) is 71.5 Å². The van der Waals surface area contributed by atoms with Crippen LogP contribution in [0.5, 0.6) is 5.75 Å². The minimum atomic E-state index is -0.864. The number of benzene rings is 3. The average Bonchev–Trinajstić information content (AvgIpc) is 3.41. The van der Waals surface area contributed by atoms with Crippen LogP contribution in [0.2, 0.25) is 5.02 Å². The number of aliphatic hydroxyl groups is 1. The maximum absolute atomic E-state index is 13.3. The van der Waals surface area contributed by atoms with Gasteiger partial charge in [0, 0.05) is 5.02 Å². The predicted molar refractivity (Wildman–Crippen MR) is 138 cm³/mol. The lowest BCUT2D eigenvalue weighted by atomic mass is 9.95. The molecule has 3 aromatic carbocycles. The summed E-state index contributed by atoms with van der Waals surface area (Å²) in [5.74, 6) is -1.12. The summed E-state index contributed by atoms with van der Waals surface area (Å²) < 4.78 is 6.04. The molecular formula is C27H19ClN2O4S. The highest BCUT2D eigenvalue weighted by molar-refractivity contribution is 7.22. The normalized spacial score (nSPS) is 16.0. The molecule has 1 aromatic heterocycles. The molecule has 0 aliphatic carbocycles. The summed E-state index contributed by atoms with van der Waals surface area (Å²) in [6.07, 6.45) is 3.02. The van der Waals surface area contributed by atoms with E-state index in [0.29, 0.717) is 27.0 Å². The average molecular weight is 503 g/mol. The number of hydrogen-bond donors (Lipinski definition) is 1. The van der Waals surface area contributed by atoms with Crippen LogP contribution in [0.15, 0.2) is 90.2 Å². The standard InChI is InChI=1S/C27H19ClN2O4S/c1-34-19-11-8-17(9-12-19)24-23(21(31)14-7-16-5-3-2-4-6-16)25(32)26(33)30(24)27-29-20-13-10-18(28)15-22(20)35-27/h2-15,24,32H,1H3. The SMILES string of the molecule is COc1ccc(C2C(C(=O)C=Cc3ccccc3)=C(O)C(=O)N2c2nc3ccc(Cl)cc3s2)cc1. The van der Waals surface area contributed by atoms with Crippen molar-refractivity contribution in [2.45, 2.75) is 6.04 Å². The van der Waals surface area contributed by atoms with Crippen LogP contribution in [-0.2, 0) is 9.59 Å². The third kappa shape index (κ3) is 4.32. The van der Waals surface area contributed by atoms with Gasteiger partial charge in [-0.2, -0.15) is 0 Å². The van der Waals surface area contributed by atoms with Crippen LogP contribution in [0.4, 0.5) is 5.13 Å². The van der Waals surface area contributed by atoms with Gasteiger partial charge in [-0.3, -0.25) is 14.5 Å². The molecule has 0 fully saturated rings. The molecule has 5 rings (SSSR count). The van der Waals surface area contributed by atoms with E-state index in [0.717, 1.165) is 10.3 Å². The third-order valence-corrected chi connectivity index (χ3v) is 6.93. The Balaban J connectivity index is 1.60. The summed E-state index contributed by atoms with van der Waals surface area (Å²) in [4.78, 5) is 32.6. The van der Waals surface area contributed by atoms with Crippen LogP contribution >= 0.6 is 22.9 Å². The van der Waals surface area contributed by atoms with Gasteiger partial charge in [0.2, 0.25) is 0 Å². The van der Waals surface area contributed by atoms with Gasteiger partial charge in [0.05, 0.1) is 28.9 Å². The van der Waals surface area contributed by atoms with Crippen LogP contribution in [-0.4, -0.2) is 28.9 Å². The van der Waals surface area contributed by atoms with E-state index in [1.807, 2.05) is 30.3 Å². The van der Waals surface area contributed by atoms with Gasteiger partial charge in [-0.15, -0.1) is 0 Å². The fourth-order valence-electron chi connectivity index (χ4n) is 3.97. The fourth-order valence-corrected chi connectivity index (χ4v) is 5.24. The van der Waals surface area contributed by atoms with Crippen LogP contribution < -0.4 is 9.64 Å². The summed E-state index contributed by atoms with van der Waals surface area (Å²) >= 11 is 7.39. The maximum atomic E-state index is 13.3. The third-order valence-electron chi connectivity index (χ3n) is 5.68. The van der Waals surface area contributed by atoms with Gasteiger partial charge in [0.1, 0.15) is 5.75 Å². The van der Waals surface area contributed by atoms with Crippen molar-refractivity contribution in [2.24, 2.45) is 0 Å². The molecule has 8 heteroatoms. The highest BCUT2D eigenvalue weighted by Gasteiger charge is 2.45. The second-order valence-electron chi connectivity index (χ2n) is 7.83. The Morgan fingerprint density at radius 3 is 2.57 bits per heavy atom. The molecule has 6 nitrogen and oxygen atoms in total. The maximum Gasteiger partial charge on any atom is 0.296 e. The number of carbonyl (C=O) groups excluding carboxylic acids is 2. The minimum absolute atomic E-state index is 0.00960. The van der Waals surface area contributed by atoms with Crippen LogP contribution in [0.25, 0.3) is 16.3 Å². The molecule has 1 amide bonds. The number of ketones is 1. The molecule has 1 N–H and O–H groups in total. The molecule has 0 spiro atoms. The van der Waals surface area contributed by atoms with E-state index >= 15 is 0 Å².